The molecule has 0 radical (unpaired) electrons. The van der Waals surface area contributed by atoms with E-state index in [2.05, 4.69) is 0 Å². The van der Waals surface area contributed by atoms with Crippen LogP contribution in [0, 0.1) is 0 Å². The maximum Gasteiger partial charge on any atom is 0.0550 e. The van der Waals surface area contributed by atoms with Crippen molar-refractivity contribution in [2.75, 3.05) is 6.61 Å². The fourth-order valence-corrected chi connectivity index (χ4v) is 2.19. The molecule has 0 fully saturated rings. The van der Waals surface area contributed by atoms with Gasteiger partial charge in [0.25, 0.3) is 0 Å². The van der Waals surface area contributed by atoms with Gasteiger partial charge in [0.1, 0.15) is 0 Å². The fraction of sp³-hybridized carbons (Fsp3) is 0.333. The first-order chi connectivity index (χ1) is 6.13. The summed E-state index contributed by atoms with van der Waals surface area (Å²) in [6, 6.07) is 5.31. The van der Waals surface area contributed by atoms with Crippen LogP contribution >= 0.6 is 35.0 Å². The van der Waals surface area contributed by atoms with E-state index in [1.165, 1.54) is 11.8 Å². The molecule has 0 saturated heterocycles. The van der Waals surface area contributed by atoms with E-state index < -0.39 is 0 Å². The summed E-state index contributed by atoms with van der Waals surface area (Å²) in [6.45, 7) is 2.06. The number of hydrogen-bond acceptors (Lipinski definition) is 2. The molecule has 13 heavy (non-hydrogen) atoms. The van der Waals surface area contributed by atoms with Crippen molar-refractivity contribution in [2.45, 2.75) is 17.1 Å². The minimum atomic E-state index is 0.132. The van der Waals surface area contributed by atoms with Crippen LogP contribution in [-0.2, 0) is 0 Å². The predicted octanol–water partition coefficient (Wildman–Crippen LogP) is 3.47. The molecular weight excluding hydrogens is 227 g/mol. The average Bonchev–Trinajstić information content (AvgIpc) is 2.11. The van der Waals surface area contributed by atoms with Crippen LogP contribution in [-0.4, -0.2) is 17.0 Å². The predicted molar refractivity (Wildman–Crippen MR) is 58.9 cm³/mol. The summed E-state index contributed by atoms with van der Waals surface area (Å²) < 4.78 is 0. The fourth-order valence-electron chi connectivity index (χ4n) is 0.822. The van der Waals surface area contributed by atoms with Crippen LogP contribution in [0.3, 0.4) is 0 Å². The summed E-state index contributed by atoms with van der Waals surface area (Å²) >= 11 is 13.3. The van der Waals surface area contributed by atoms with E-state index in [4.69, 9.17) is 28.3 Å². The van der Waals surface area contributed by atoms with Gasteiger partial charge in [0, 0.05) is 15.2 Å². The van der Waals surface area contributed by atoms with Gasteiger partial charge >= 0.3 is 0 Å². The Balaban J connectivity index is 2.81. The maximum absolute atomic E-state index is 8.86. The van der Waals surface area contributed by atoms with Gasteiger partial charge in [0.15, 0.2) is 0 Å². The molecule has 0 heterocycles. The van der Waals surface area contributed by atoms with Gasteiger partial charge in [-0.3, -0.25) is 0 Å². The lowest BCUT2D eigenvalue weighted by Crippen LogP contribution is -2.01. The standard InChI is InChI=1S/C9H10Cl2OS/c1-6(5-12)13-9-4-7(10)2-3-8(9)11/h2-4,6,12H,5H2,1H3. The Bertz CT molecular complexity index is 291. The van der Waals surface area contributed by atoms with Gasteiger partial charge in [-0.25, -0.2) is 0 Å². The van der Waals surface area contributed by atoms with E-state index in [0.717, 1.165) is 4.90 Å². The van der Waals surface area contributed by atoms with Gasteiger partial charge in [-0.1, -0.05) is 30.1 Å². The van der Waals surface area contributed by atoms with Crippen molar-refractivity contribution in [1.82, 2.24) is 0 Å². The van der Waals surface area contributed by atoms with Crippen LogP contribution in [0.4, 0.5) is 0 Å². The van der Waals surface area contributed by atoms with Gasteiger partial charge in [-0.05, 0) is 18.2 Å². The molecule has 4 heteroatoms. The topological polar surface area (TPSA) is 20.2 Å². The van der Waals surface area contributed by atoms with E-state index in [1.54, 1.807) is 18.2 Å². The second kappa shape index (κ2) is 5.11. The largest absolute Gasteiger partial charge is 0.395 e. The van der Waals surface area contributed by atoms with Crippen LogP contribution in [0.15, 0.2) is 23.1 Å². The van der Waals surface area contributed by atoms with Crippen LogP contribution in [0.2, 0.25) is 10.0 Å². The summed E-state index contributed by atoms with van der Waals surface area (Å²) in [5.41, 5.74) is 0. The summed E-state index contributed by atoms with van der Waals surface area (Å²) in [4.78, 5) is 0.913. The molecule has 1 atom stereocenters. The third-order valence-corrected chi connectivity index (χ3v) is 3.30. The van der Waals surface area contributed by atoms with Crippen molar-refractivity contribution in [3.8, 4) is 0 Å². The number of hydrogen-bond donors (Lipinski definition) is 1. The van der Waals surface area contributed by atoms with Gasteiger partial charge in [0.05, 0.1) is 11.6 Å². The van der Waals surface area contributed by atoms with Gasteiger partial charge in [-0.15, -0.1) is 11.8 Å². The Morgan fingerprint density at radius 1 is 1.46 bits per heavy atom. The number of rotatable bonds is 3. The molecular formula is C9H10Cl2OS. The molecule has 0 spiro atoms. The number of thioether (sulfide) groups is 1. The van der Waals surface area contributed by atoms with E-state index in [1.807, 2.05) is 6.92 Å². The molecule has 0 amide bonds. The molecule has 0 aliphatic rings. The molecule has 0 bridgehead atoms. The first kappa shape index (κ1) is 11.2. The normalized spacial score (nSPS) is 12.9. The Hall–Kier alpha value is 0.110. The Morgan fingerprint density at radius 2 is 2.15 bits per heavy atom. The molecule has 1 unspecified atom stereocenters. The highest BCUT2D eigenvalue weighted by molar-refractivity contribution is 8.00. The molecule has 1 rings (SSSR count). The van der Waals surface area contributed by atoms with Crippen molar-refractivity contribution in [1.29, 1.82) is 0 Å². The Morgan fingerprint density at radius 3 is 2.77 bits per heavy atom. The van der Waals surface area contributed by atoms with E-state index in [-0.39, 0.29) is 11.9 Å². The van der Waals surface area contributed by atoms with Crippen LogP contribution in [0.25, 0.3) is 0 Å². The van der Waals surface area contributed by atoms with E-state index in [9.17, 15) is 0 Å². The second-order valence-electron chi connectivity index (χ2n) is 2.69. The maximum atomic E-state index is 8.86. The van der Waals surface area contributed by atoms with Crippen molar-refractivity contribution in [2.24, 2.45) is 0 Å². The zero-order chi connectivity index (χ0) is 9.84. The third kappa shape index (κ3) is 3.39. The van der Waals surface area contributed by atoms with Crippen LogP contribution < -0.4 is 0 Å². The van der Waals surface area contributed by atoms with E-state index in [0.29, 0.717) is 10.0 Å². The highest BCUT2D eigenvalue weighted by Gasteiger charge is 2.06. The second-order valence-corrected chi connectivity index (χ2v) is 5.01. The summed E-state index contributed by atoms with van der Waals surface area (Å²) in [6.07, 6.45) is 0. The molecule has 1 aromatic carbocycles. The zero-order valence-corrected chi connectivity index (χ0v) is 9.46. The highest BCUT2D eigenvalue weighted by Crippen LogP contribution is 2.32. The molecule has 0 aliphatic heterocycles. The number of halogens is 2. The molecule has 72 valence electrons. The van der Waals surface area contributed by atoms with Crippen molar-refractivity contribution < 1.29 is 5.11 Å². The monoisotopic (exact) mass is 236 g/mol. The summed E-state index contributed by atoms with van der Waals surface area (Å²) in [7, 11) is 0. The minimum absolute atomic E-state index is 0.132. The smallest absolute Gasteiger partial charge is 0.0550 e. The van der Waals surface area contributed by atoms with Crippen molar-refractivity contribution in [3.05, 3.63) is 28.2 Å². The summed E-state index contributed by atoms with van der Waals surface area (Å²) in [5, 5.41) is 10.3. The van der Waals surface area contributed by atoms with Crippen molar-refractivity contribution in [3.63, 3.8) is 0 Å². The van der Waals surface area contributed by atoms with E-state index >= 15 is 0 Å². The van der Waals surface area contributed by atoms with Crippen molar-refractivity contribution >= 4 is 35.0 Å². The van der Waals surface area contributed by atoms with Crippen LogP contribution in [0.5, 0.6) is 0 Å². The highest BCUT2D eigenvalue weighted by atomic mass is 35.5. The first-order valence-electron chi connectivity index (χ1n) is 3.86. The summed E-state index contributed by atoms with van der Waals surface area (Å²) in [5.74, 6) is 0. The lowest BCUT2D eigenvalue weighted by Gasteiger charge is -2.08. The number of benzene rings is 1. The van der Waals surface area contributed by atoms with Crippen LogP contribution in [0.1, 0.15) is 6.92 Å². The first-order valence-corrected chi connectivity index (χ1v) is 5.49. The van der Waals surface area contributed by atoms with Gasteiger partial charge in [-0.2, -0.15) is 0 Å². The van der Waals surface area contributed by atoms with Gasteiger partial charge in [0.2, 0.25) is 0 Å². The minimum Gasteiger partial charge on any atom is -0.395 e. The molecule has 1 aromatic rings. The lowest BCUT2D eigenvalue weighted by molar-refractivity contribution is 0.300. The SMILES string of the molecule is CC(CO)Sc1cc(Cl)ccc1Cl. The molecule has 0 saturated carbocycles. The number of aliphatic hydroxyl groups is 1. The molecule has 0 aliphatic carbocycles. The number of aliphatic hydroxyl groups excluding tert-OH is 1. The Kier molecular flexibility index (Phi) is 4.39. The van der Waals surface area contributed by atoms with Gasteiger partial charge < -0.3 is 5.11 Å². The zero-order valence-electron chi connectivity index (χ0n) is 7.13. The Labute approximate surface area is 92.1 Å². The molecule has 1 nitrogen and oxygen atoms in total. The lowest BCUT2D eigenvalue weighted by atomic mass is 10.4. The molecule has 0 aromatic heterocycles. The quantitative estimate of drug-likeness (QED) is 0.812. The average molecular weight is 237 g/mol. The third-order valence-electron chi connectivity index (χ3n) is 1.48. The molecule has 1 N–H and O–H groups in total.